The molecule has 0 bridgehead atoms. The van der Waals surface area contributed by atoms with Crippen molar-refractivity contribution in [2.24, 2.45) is 9.98 Å². The minimum Gasteiger partial charge on any atom is -0.298 e. The topological polar surface area (TPSA) is 54.9 Å². The molecule has 0 spiro atoms. The number of imidazole rings is 1. The minimum atomic E-state index is 0.476. The maximum atomic E-state index is 5.52. The van der Waals surface area contributed by atoms with Crippen LogP contribution >= 0.6 is 0 Å². The van der Waals surface area contributed by atoms with E-state index >= 15 is 0 Å². The van der Waals surface area contributed by atoms with Gasteiger partial charge in [-0.15, -0.1) is 0 Å². The standard InChI is InChI=1S/C51H35N5/c1-52-47(35-16-4-2-5-17-35)46(48(36-18-6-3-7-19-36)53-33-39-32-38-20-8-9-21-40(38)42-23-11-10-22-41(39)42)34-27-29-37(30-28-34)49-51-50(43-24-12-13-25-44(43)54-49)55-45-26-14-15-31-56(45)51/h2-32H,1,33H2/b47-46-,53-48?. The van der Waals surface area contributed by atoms with Crippen molar-refractivity contribution >= 4 is 72.8 Å². The second-order valence-electron chi connectivity index (χ2n) is 13.9. The first kappa shape index (κ1) is 33.1. The van der Waals surface area contributed by atoms with Gasteiger partial charge in [-0.3, -0.25) is 14.4 Å². The highest BCUT2D eigenvalue weighted by Crippen LogP contribution is 2.37. The van der Waals surface area contributed by atoms with Gasteiger partial charge in [0.05, 0.1) is 34.7 Å². The van der Waals surface area contributed by atoms with E-state index in [9.17, 15) is 0 Å². The third-order valence-electron chi connectivity index (χ3n) is 10.6. The fraction of sp³-hybridized carbons (Fsp3) is 0.0196. The van der Waals surface area contributed by atoms with Crippen molar-refractivity contribution in [3.63, 3.8) is 0 Å². The molecule has 0 aliphatic rings. The average molecular weight is 718 g/mol. The molecule has 0 atom stereocenters. The van der Waals surface area contributed by atoms with Crippen LogP contribution < -0.4 is 0 Å². The summed E-state index contributed by atoms with van der Waals surface area (Å²) in [6.45, 7) is 4.60. The van der Waals surface area contributed by atoms with Gasteiger partial charge < -0.3 is 0 Å². The summed E-state index contributed by atoms with van der Waals surface area (Å²) in [4.78, 5) is 20.6. The molecule has 0 saturated heterocycles. The van der Waals surface area contributed by atoms with E-state index < -0.39 is 0 Å². The molecule has 5 nitrogen and oxygen atoms in total. The first-order valence-electron chi connectivity index (χ1n) is 18.8. The van der Waals surface area contributed by atoms with Crippen LogP contribution in [0.15, 0.2) is 198 Å². The molecule has 10 aromatic rings. The van der Waals surface area contributed by atoms with E-state index in [0.29, 0.717) is 6.54 Å². The summed E-state index contributed by atoms with van der Waals surface area (Å²) < 4.78 is 2.13. The van der Waals surface area contributed by atoms with Gasteiger partial charge in [0.2, 0.25) is 0 Å². The highest BCUT2D eigenvalue weighted by Gasteiger charge is 2.21. The molecule has 0 aliphatic heterocycles. The van der Waals surface area contributed by atoms with E-state index in [2.05, 4.69) is 145 Å². The fourth-order valence-electron chi connectivity index (χ4n) is 7.98. The van der Waals surface area contributed by atoms with Gasteiger partial charge in [0.25, 0.3) is 0 Å². The number of pyridine rings is 2. The number of aliphatic imine (C=N–C) groups is 2. The lowest BCUT2D eigenvalue weighted by molar-refractivity contribution is 1.09. The molecule has 3 heterocycles. The molecular formula is C51H35N5. The SMILES string of the molecule is C=N/C(=C(\C(=NCc1cc2ccccc2c2ccccc12)c1ccccc1)c1ccc(-c2nc3ccccc3c3nc4ccccn4c23)cc1)c1ccccc1. The molecule has 0 radical (unpaired) electrons. The lowest BCUT2D eigenvalue weighted by Gasteiger charge is -2.18. The van der Waals surface area contributed by atoms with Crippen LogP contribution in [0.1, 0.15) is 22.3 Å². The Morgan fingerprint density at radius 1 is 0.554 bits per heavy atom. The second-order valence-corrected chi connectivity index (χ2v) is 13.9. The Morgan fingerprint density at radius 3 is 1.96 bits per heavy atom. The van der Waals surface area contributed by atoms with Crippen molar-refractivity contribution in [2.75, 3.05) is 0 Å². The zero-order chi connectivity index (χ0) is 37.4. The minimum absolute atomic E-state index is 0.476. The number of fused-ring (bicyclic) bond motifs is 8. The Balaban J connectivity index is 1.18. The number of aromatic nitrogens is 3. The average Bonchev–Trinajstić information content (AvgIpc) is 3.67. The predicted molar refractivity (Wildman–Crippen MR) is 234 cm³/mol. The van der Waals surface area contributed by atoms with Gasteiger partial charge in [0.15, 0.2) is 0 Å². The van der Waals surface area contributed by atoms with Gasteiger partial charge in [0, 0.05) is 33.8 Å². The number of hydrogen-bond donors (Lipinski definition) is 0. The van der Waals surface area contributed by atoms with Crippen molar-refractivity contribution in [1.82, 2.24) is 14.4 Å². The van der Waals surface area contributed by atoms with Crippen LogP contribution in [-0.2, 0) is 6.54 Å². The van der Waals surface area contributed by atoms with Gasteiger partial charge in [-0.2, -0.15) is 0 Å². The molecule has 0 aliphatic carbocycles. The van der Waals surface area contributed by atoms with Crippen molar-refractivity contribution in [3.8, 4) is 11.3 Å². The van der Waals surface area contributed by atoms with Crippen LogP contribution in [0.5, 0.6) is 0 Å². The summed E-state index contributed by atoms with van der Waals surface area (Å²) in [5.74, 6) is 0. The second kappa shape index (κ2) is 14.0. The predicted octanol–water partition coefficient (Wildman–Crippen LogP) is 12.3. The summed E-state index contributed by atoms with van der Waals surface area (Å²) >= 11 is 0. The fourth-order valence-corrected chi connectivity index (χ4v) is 7.98. The Bertz CT molecular complexity index is 3160. The largest absolute Gasteiger partial charge is 0.298 e. The Kier molecular flexibility index (Phi) is 8.30. The van der Waals surface area contributed by atoms with Crippen LogP contribution in [-0.4, -0.2) is 26.8 Å². The normalized spacial score (nSPS) is 12.5. The molecule has 3 aromatic heterocycles. The molecule has 56 heavy (non-hydrogen) atoms. The van der Waals surface area contributed by atoms with E-state index in [4.69, 9.17) is 20.0 Å². The van der Waals surface area contributed by atoms with Crippen molar-refractivity contribution in [3.05, 3.63) is 210 Å². The van der Waals surface area contributed by atoms with Gasteiger partial charge >= 0.3 is 0 Å². The third kappa shape index (κ3) is 5.74. The molecule has 0 fully saturated rings. The van der Waals surface area contributed by atoms with E-state index in [1.165, 1.54) is 21.5 Å². The molecule has 264 valence electrons. The van der Waals surface area contributed by atoms with Crippen LogP contribution in [0.3, 0.4) is 0 Å². The molecule has 0 amide bonds. The monoisotopic (exact) mass is 717 g/mol. The van der Waals surface area contributed by atoms with Crippen LogP contribution in [0.4, 0.5) is 0 Å². The lowest BCUT2D eigenvalue weighted by atomic mass is 9.90. The van der Waals surface area contributed by atoms with Gasteiger partial charge in [-0.1, -0.05) is 158 Å². The van der Waals surface area contributed by atoms with E-state index in [1.54, 1.807) is 0 Å². The molecule has 0 N–H and O–H groups in total. The number of para-hydroxylation sites is 1. The lowest BCUT2D eigenvalue weighted by Crippen LogP contribution is -2.08. The molecular weight excluding hydrogens is 683 g/mol. The van der Waals surface area contributed by atoms with Crippen molar-refractivity contribution in [2.45, 2.75) is 6.54 Å². The maximum absolute atomic E-state index is 5.52. The highest BCUT2D eigenvalue weighted by molar-refractivity contribution is 6.37. The zero-order valence-corrected chi connectivity index (χ0v) is 30.5. The number of allylic oxidation sites excluding steroid dienone is 1. The molecule has 10 rings (SSSR count). The van der Waals surface area contributed by atoms with E-state index in [0.717, 1.165) is 78.1 Å². The van der Waals surface area contributed by atoms with E-state index in [-0.39, 0.29) is 0 Å². The molecule has 5 heteroatoms. The summed E-state index contributed by atoms with van der Waals surface area (Å²) in [5, 5.41) is 5.89. The van der Waals surface area contributed by atoms with Crippen molar-refractivity contribution in [1.29, 1.82) is 0 Å². The van der Waals surface area contributed by atoms with Crippen LogP contribution in [0, 0.1) is 0 Å². The van der Waals surface area contributed by atoms with Crippen LogP contribution in [0.25, 0.3) is 71.7 Å². The molecule has 0 saturated carbocycles. The van der Waals surface area contributed by atoms with Crippen molar-refractivity contribution < 1.29 is 0 Å². The number of rotatable bonds is 8. The Morgan fingerprint density at radius 2 is 1.20 bits per heavy atom. The number of benzene rings is 7. The maximum Gasteiger partial charge on any atom is 0.137 e. The third-order valence-corrected chi connectivity index (χ3v) is 10.6. The molecule has 0 unspecified atom stereocenters. The first-order valence-corrected chi connectivity index (χ1v) is 18.8. The quantitative estimate of drug-likeness (QED) is 0.0892. The Labute approximate surface area is 324 Å². The van der Waals surface area contributed by atoms with Crippen LogP contribution in [0.2, 0.25) is 0 Å². The zero-order valence-electron chi connectivity index (χ0n) is 30.5. The summed E-state index contributed by atoms with van der Waals surface area (Å²) in [6.07, 6.45) is 2.06. The smallest absolute Gasteiger partial charge is 0.137 e. The van der Waals surface area contributed by atoms with E-state index in [1.807, 2.05) is 54.6 Å². The van der Waals surface area contributed by atoms with Gasteiger partial charge in [0.1, 0.15) is 11.2 Å². The number of hydrogen-bond acceptors (Lipinski definition) is 4. The summed E-state index contributed by atoms with van der Waals surface area (Å²) in [7, 11) is 0. The molecule has 7 aromatic carbocycles. The highest BCUT2D eigenvalue weighted by atomic mass is 15.0. The van der Waals surface area contributed by atoms with Gasteiger partial charge in [-0.25, -0.2) is 9.97 Å². The summed E-state index contributed by atoms with van der Waals surface area (Å²) in [6, 6.07) is 63.1. The number of nitrogens with zero attached hydrogens (tertiary/aromatic N) is 5. The first-order chi connectivity index (χ1) is 27.7. The summed E-state index contributed by atoms with van der Waals surface area (Å²) in [5.41, 5.74) is 12.2. The van der Waals surface area contributed by atoms with Gasteiger partial charge in [-0.05, 0) is 63.7 Å². The Hall–Kier alpha value is -7.50.